The first kappa shape index (κ1) is 22.4. The molecule has 8 heavy (non-hydrogen) atoms. The molecule has 0 aliphatic heterocycles. The van der Waals surface area contributed by atoms with Gasteiger partial charge in [0.1, 0.15) is 0 Å². The van der Waals surface area contributed by atoms with Crippen molar-refractivity contribution in [3.8, 4) is 0 Å². The van der Waals surface area contributed by atoms with Gasteiger partial charge in [0.15, 0.2) is 0 Å². The zero-order valence-corrected chi connectivity index (χ0v) is 3.15. The molecule has 0 aromatic heterocycles. The molecule has 0 amide bonds. The van der Waals surface area contributed by atoms with Gasteiger partial charge >= 0.3 is 88.7 Å². The predicted octanol–water partition coefficient (Wildman–Crippen LogP) is -1.39. The van der Waals surface area contributed by atoms with E-state index < -0.39 is 0 Å². The molecule has 0 unspecified atom stereocenters. The van der Waals surface area contributed by atoms with Crippen molar-refractivity contribution < 1.29 is 5.11 Å². The average Bonchev–Trinajstić information content (AvgIpc) is 1.41. The number of hydrogen-bond acceptors (Lipinski definition) is 1. The molecule has 0 rings (SSSR count). The molecule has 1 nitrogen and oxygen atoms in total. The van der Waals surface area contributed by atoms with E-state index >= 15 is 0 Å². The number of rotatable bonds is 2. The van der Waals surface area contributed by atoms with E-state index in [4.69, 9.17) is 5.11 Å². The summed E-state index contributed by atoms with van der Waals surface area (Å²) in [7, 11) is 0. The third-order valence-electron chi connectivity index (χ3n) is 0.333. The van der Waals surface area contributed by atoms with Gasteiger partial charge in [-0.05, 0) is 6.42 Å². The summed E-state index contributed by atoms with van der Waals surface area (Å²) in [4.78, 5) is 0. The number of aliphatic hydroxyl groups is 1. The fraction of sp³-hybridized carbons (Fsp3) is 0.500. The molecule has 4 heteroatoms. The average molecular weight is 144 g/mol. The summed E-state index contributed by atoms with van der Waals surface area (Å²) < 4.78 is 0. The van der Waals surface area contributed by atoms with Crippen LogP contribution in [0.25, 0.3) is 0 Å². The first-order valence-corrected chi connectivity index (χ1v) is 1.63. The number of aliphatic hydroxyl groups excluding tert-OH is 1. The molecule has 0 radical (unpaired) electrons. The molecule has 0 spiro atoms. The molecule has 0 aromatic carbocycles. The Morgan fingerprint density at radius 2 is 1.62 bits per heavy atom. The summed E-state index contributed by atoms with van der Waals surface area (Å²) in [6, 6.07) is 0. The Morgan fingerprint density at radius 3 is 1.62 bits per heavy atom. The maximum atomic E-state index is 8.00. The van der Waals surface area contributed by atoms with Gasteiger partial charge in [-0.15, -0.1) is 6.58 Å². The van der Waals surface area contributed by atoms with Gasteiger partial charge < -0.3 is 5.11 Å². The van der Waals surface area contributed by atoms with Crippen molar-refractivity contribution in [3.05, 3.63) is 12.7 Å². The van der Waals surface area contributed by atoms with Crippen LogP contribution in [0.15, 0.2) is 12.7 Å². The van der Waals surface area contributed by atoms with Crippen LogP contribution in [0.3, 0.4) is 0 Å². The Kier molecular flexibility index (Phi) is 63.4. The molecular formula is C4H11Na3O. The van der Waals surface area contributed by atoms with Crippen LogP contribution in [0.5, 0.6) is 0 Å². The van der Waals surface area contributed by atoms with Crippen molar-refractivity contribution in [3.63, 3.8) is 0 Å². The van der Waals surface area contributed by atoms with Crippen LogP contribution in [-0.4, -0.2) is 100 Å². The Hall–Kier alpha value is 2.70. The monoisotopic (exact) mass is 144 g/mol. The summed E-state index contributed by atoms with van der Waals surface area (Å²) in [6.07, 6.45) is 2.39. The van der Waals surface area contributed by atoms with Crippen molar-refractivity contribution in [2.75, 3.05) is 6.61 Å². The zero-order chi connectivity index (χ0) is 4.12. The molecule has 0 bridgehead atoms. The third kappa shape index (κ3) is 23.4. The fourth-order valence-corrected chi connectivity index (χ4v) is 0.0913. The maximum absolute atomic E-state index is 8.00. The van der Waals surface area contributed by atoms with Gasteiger partial charge in [0.05, 0.1) is 0 Å². The van der Waals surface area contributed by atoms with Gasteiger partial charge in [-0.2, -0.15) is 0 Å². The first-order chi connectivity index (χ1) is 2.41. The standard InChI is InChI=1S/C4H8O.3Na.3H/c1-2-3-4-5;;;;;;/h2,5H,1,3-4H2;;;;;;. The molecule has 0 aliphatic rings. The summed E-state index contributed by atoms with van der Waals surface area (Å²) in [6.45, 7) is 3.62. The van der Waals surface area contributed by atoms with Gasteiger partial charge in [0.2, 0.25) is 0 Å². The van der Waals surface area contributed by atoms with Gasteiger partial charge in [-0.25, -0.2) is 0 Å². The van der Waals surface area contributed by atoms with E-state index in [-0.39, 0.29) is 95.3 Å². The van der Waals surface area contributed by atoms with Crippen molar-refractivity contribution in [2.24, 2.45) is 0 Å². The third-order valence-corrected chi connectivity index (χ3v) is 0.333. The van der Waals surface area contributed by atoms with E-state index in [1.807, 2.05) is 0 Å². The minimum atomic E-state index is 0. The van der Waals surface area contributed by atoms with E-state index in [9.17, 15) is 0 Å². The minimum absolute atomic E-state index is 0. The van der Waals surface area contributed by atoms with E-state index in [2.05, 4.69) is 6.58 Å². The molecule has 36 valence electrons. The van der Waals surface area contributed by atoms with Crippen LogP contribution in [0.1, 0.15) is 6.42 Å². The van der Waals surface area contributed by atoms with Gasteiger partial charge in [-0.3, -0.25) is 0 Å². The van der Waals surface area contributed by atoms with Crippen molar-refractivity contribution >= 4 is 88.7 Å². The van der Waals surface area contributed by atoms with Crippen LogP contribution in [0.2, 0.25) is 0 Å². The second-order valence-electron chi connectivity index (χ2n) is 0.801. The summed E-state index contributed by atoms with van der Waals surface area (Å²) in [5.41, 5.74) is 0. The van der Waals surface area contributed by atoms with E-state index in [0.717, 1.165) is 0 Å². The van der Waals surface area contributed by atoms with Crippen molar-refractivity contribution in [1.29, 1.82) is 0 Å². The van der Waals surface area contributed by atoms with Crippen LogP contribution in [0.4, 0.5) is 0 Å². The van der Waals surface area contributed by atoms with E-state index in [0.29, 0.717) is 6.42 Å². The second kappa shape index (κ2) is 22.6. The van der Waals surface area contributed by atoms with Crippen molar-refractivity contribution in [2.45, 2.75) is 6.42 Å². The molecule has 0 saturated heterocycles. The van der Waals surface area contributed by atoms with Gasteiger partial charge in [0.25, 0.3) is 0 Å². The SMILES string of the molecule is C=CCCO.[NaH].[NaH].[NaH]. The van der Waals surface area contributed by atoms with E-state index in [1.165, 1.54) is 0 Å². The molecule has 0 saturated carbocycles. The van der Waals surface area contributed by atoms with Crippen LogP contribution in [0, 0.1) is 0 Å². The first-order valence-electron chi connectivity index (χ1n) is 1.63. The zero-order valence-electron chi connectivity index (χ0n) is 3.15. The van der Waals surface area contributed by atoms with Crippen LogP contribution >= 0.6 is 0 Å². The Bertz CT molecular complexity index is 32.5. The van der Waals surface area contributed by atoms with Crippen molar-refractivity contribution in [1.82, 2.24) is 0 Å². The van der Waals surface area contributed by atoms with Gasteiger partial charge in [0, 0.05) is 6.61 Å². The predicted molar refractivity (Wildman–Crippen MR) is 43.3 cm³/mol. The second-order valence-corrected chi connectivity index (χ2v) is 0.801. The molecule has 0 heterocycles. The normalized spacial score (nSPS) is 4.62. The summed E-state index contributed by atoms with van der Waals surface area (Å²) in [5, 5.41) is 8.00. The summed E-state index contributed by atoms with van der Waals surface area (Å²) >= 11 is 0. The van der Waals surface area contributed by atoms with E-state index in [1.54, 1.807) is 6.08 Å². The molecule has 1 N–H and O–H groups in total. The molecule has 0 aromatic rings. The Morgan fingerprint density at radius 1 is 1.25 bits per heavy atom. The molecule has 0 aliphatic carbocycles. The Balaban J connectivity index is -0.0000000267. The fourth-order valence-electron chi connectivity index (χ4n) is 0.0913. The van der Waals surface area contributed by atoms with Crippen LogP contribution < -0.4 is 0 Å². The Labute approximate surface area is 117 Å². The van der Waals surface area contributed by atoms with Gasteiger partial charge in [-0.1, -0.05) is 6.08 Å². The molecule has 0 atom stereocenters. The molecular weight excluding hydrogens is 133 g/mol. The number of hydrogen-bond donors (Lipinski definition) is 1. The van der Waals surface area contributed by atoms with Crippen LogP contribution in [-0.2, 0) is 0 Å². The topological polar surface area (TPSA) is 20.2 Å². The quantitative estimate of drug-likeness (QED) is 0.373. The summed E-state index contributed by atoms with van der Waals surface area (Å²) in [5.74, 6) is 0. The molecule has 0 fully saturated rings.